The normalized spacial score (nSPS) is 10.6. The van der Waals surface area contributed by atoms with Crippen LogP contribution in [-0.2, 0) is 6.54 Å². The van der Waals surface area contributed by atoms with Crippen molar-refractivity contribution in [2.24, 2.45) is 0 Å². The van der Waals surface area contributed by atoms with E-state index < -0.39 is 5.82 Å². The van der Waals surface area contributed by atoms with E-state index in [1.54, 1.807) is 11.0 Å². The van der Waals surface area contributed by atoms with E-state index in [1.165, 1.54) is 11.3 Å². The molecular formula is C13H11Cl2FN2OS. The average molecular weight is 333 g/mol. The Bertz CT molecular complexity index is 633. The summed E-state index contributed by atoms with van der Waals surface area (Å²) >= 11 is 13.1. The first kappa shape index (κ1) is 15.2. The molecule has 0 radical (unpaired) electrons. The van der Waals surface area contributed by atoms with E-state index in [4.69, 9.17) is 23.2 Å². The molecule has 106 valence electrons. The summed E-state index contributed by atoms with van der Waals surface area (Å²) in [5.74, 6) is -0.943. The van der Waals surface area contributed by atoms with Gasteiger partial charge in [0.2, 0.25) is 0 Å². The predicted molar refractivity (Wildman–Crippen MR) is 78.9 cm³/mol. The van der Waals surface area contributed by atoms with E-state index in [0.29, 0.717) is 17.4 Å². The highest BCUT2D eigenvalue weighted by molar-refractivity contribution is 7.16. The summed E-state index contributed by atoms with van der Waals surface area (Å²) in [5.41, 5.74) is 0.0659. The predicted octanol–water partition coefficient (Wildman–Crippen LogP) is 4.25. The molecule has 2 rings (SSSR count). The number of amides is 1. The molecule has 1 amide bonds. The van der Waals surface area contributed by atoms with Gasteiger partial charge in [0.15, 0.2) is 0 Å². The van der Waals surface area contributed by atoms with E-state index in [0.717, 1.165) is 17.1 Å². The van der Waals surface area contributed by atoms with Crippen molar-refractivity contribution < 1.29 is 9.18 Å². The standard InChI is InChI=1S/C13H11Cl2FN2OS/c1-2-18(7-9-3-4-11(14)20-9)13(19)10-5-8(16)6-17-12(10)15/h3-6H,2,7H2,1H3. The zero-order chi connectivity index (χ0) is 14.7. The molecule has 3 nitrogen and oxygen atoms in total. The number of nitrogens with zero attached hydrogens (tertiary/aromatic N) is 2. The third kappa shape index (κ3) is 3.48. The van der Waals surface area contributed by atoms with Gasteiger partial charge in [0.1, 0.15) is 11.0 Å². The molecule has 7 heteroatoms. The number of carbonyl (C=O) groups excluding carboxylic acids is 1. The van der Waals surface area contributed by atoms with Gasteiger partial charge >= 0.3 is 0 Å². The number of hydrogen-bond acceptors (Lipinski definition) is 3. The van der Waals surface area contributed by atoms with Crippen molar-refractivity contribution in [3.8, 4) is 0 Å². The largest absolute Gasteiger partial charge is 0.334 e. The number of halogens is 3. The fraction of sp³-hybridized carbons (Fsp3) is 0.231. The van der Waals surface area contributed by atoms with Crippen LogP contribution in [0.15, 0.2) is 24.4 Å². The van der Waals surface area contributed by atoms with Crippen molar-refractivity contribution in [2.45, 2.75) is 13.5 Å². The van der Waals surface area contributed by atoms with Gasteiger partial charge in [0, 0.05) is 11.4 Å². The summed E-state index contributed by atoms with van der Waals surface area (Å²) in [7, 11) is 0. The number of pyridine rings is 1. The van der Waals surface area contributed by atoms with Gasteiger partial charge in [-0.3, -0.25) is 4.79 Å². The van der Waals surface area contributed by atoms with Crippen LogP contribution in [0.5, 0.6) is 0 Å². The van der Waals surface area contributed by atoms with Crippen LogP contribution in [0, 0.1) is 5.82 Å². The highest BCUT2D eigenvalue weighted by Gasteiger charge is 2.19. The second-order valence-corrected chi connectivity index (χ2v) is 6.17. The highest BCUT2D eigenvalue weighted by Crippen LogP contribution is 2.24. The minimum Gasteiger partial charge on any atom is -0.334 e. The van der Waals surface area contributed by atoms with Gasteiger partial charge in [0.25, 0.3) is 5.91 Å². The van der Waals surface area contributed by atoms with Gasteiger partial charge in [-0.25, -0.2) is 9.37 Å². The monoisotopic (exact) mass is 332 g/mol. The van der Waals surface area contributed by atoms with E-state index in [2.05, 4.69) is 4.98 Å². The number of carbonyl (C=O) groups is 1. The third-order valence-corrected chi connectivity index (χ3v) is 4.20. The summed E-state index contributed by atoms with van der Waals surface area (Å²) in [6, 6.07) is 4.73. The molecule has 0 aliphatic carbocycles. The van der Waals surface area contributed by atoms with Crippen LogP contribution in [0.3, 0.4) is 0 Å². The lowest BCUT2D eigenvalue weighted by Crippen LogP contribution is -2.30. The Labute approximate surface area is 130 Å². The Morgan fingerprint density at radius 2 is 2.20 bits per heavy atom. The van der Waals surface area contributed by atoms with Crippen LogP contribution in [0.1, 0.15) is 22.2 Å². The highest BCUT2D eigenvalue weighted by atomic mass is 35.5. The zero-order valence-corrected chi connectivity index (χ0v) is 12.9. The Morgan fingerprint density at radius 3 is 2.80 bits per heavy atom. The lowest BCUT2D eigenvalue weighted by molar-refractivity contribution is 0.0753. The van der Waals surface area contributed by atoms with Crippen molar-refractivity contribution in [2.75, 3.05) is 6.54 Å². The van der Waals surface area contributed by atoms with Crippen molar-refractivity contribution in [1.82, 2.24) is 9.88 Å². The number of thiophene rings is 1. The van der Waals surface area contributed by atoms with Crippen LogP contribution in [-0.4, -0.2) is 22.3 Å². The van der Waals surface area contributed by atoms with Gasteiger partial charge in [-0.15, -0.1) is 11.3 Å². The van der Waals surface area contributed by atoms with Gasteiger partial charge < -0.3 is 4.90 Å². The van der Waals surface area contributed by atoms with Crippen LogP contribution >= 0.6 is 34.5 Å². The summed E-state index contributed by atoms with van der Waals surface area (Å²) < 4.78 is 13.9. The molecule has 0 saturated heterocycles. The molecule has 0 fully saturated rings. The smallest absolute Gasteiger partial charge is 0.257 e. The SMILES string of the molecule is CCN(Cc1ccc(Cl)s1)C(=O)c1cc(F)cnc1Cl. The van der Waals surface area contributed by atoms with E-state index >= 15 is 0 Å². The van der Waals surface area contributed by atoms with Crippen molar-refractivity contribution >= 4 is 40.4 Å². The van der Waals surface area contributed by atoms with E-state index in [9.17, 15) is 9.18 Å². The van der Waals surface area contributed by atoms with Crippen LogP contribution in [0.4, 0.5) is 4.39 Å². The van der Waals surface area contributed by atoms with Gasteiger partial charge in [-0.1, -0.05) is 23.2 Å². The summed E-state index contributed by atoms with van der Waals surface area (Å²) in [5, 5.41) is -0.000869. The molecule has 2 heterocycles. The number of rotatable bonds is 4. The first-order chi connectivity index (χ1) is 9.51. The molecule has 0 bridgehead atoms. The van der Waals surface area contributed by atoms with E-state index in [1.807, 2.05) is 13.0 Å². The molecule has 2 aromatic rings. The van der Waals surface area contributed by atoms with Gasteiger partial charge in [0.05, 0.1) is 22.6 Å². The lowest BCUT2D eigenvalue weighted by atomic mass is 10.2. The van der Waals surface area contributed by atoms with Crippen molar-refractivity contribution in [3.63, 3.8) is 0 Å². The topological polar surface area (TPSA) is 33.2 Å². The van der Waals surface area contributed by atoms with Crippen molar-refractivity contribution in [3.05, 3.63) is 50.1 Å². The van der Waals surface area contributed by atoms with Gasteiger partial charge in [-0.05, 0) is 25.1 Å². The maximum atomic E-state index is 13.2. The Kier molecular flexibility index (Phi) is 4.96. The Morgan fingerprint density at radius 1 is 1.45 bits per heavy atom. The molecule has 20 heavy (non-hydrogen) atoms. The number of aromatic nitrogens is 1. The molecule has 0 spiro atoms. The molecule has 0 atom stereocenters. The van der Waals surface area contributed by atoms with Crippen molar-refractivity contribution in [1.29, 1.82) is 0 Å². The summed E-state index contributed by atoms with van der Waals surface area (Å²) in [6.45, 7) is 2.72. The first-order valence-corrected chi connectivity index (χ1v) is 7.43. The summed E-state index contributed by atoms with van der Waals surface area (Å²) in [4.78, 5) is 18.5. The minimum absolute atomic E-state index is 0.000869. The molecule has 0 aliphatic rings. The molecule has 0 aromatic carbocycles. The lowest BCUT2D eigenvalue weighted by Gasteiger charge is -2.20. The molecule has 2 aromatic heterocycles. The van der Waals surface area contributed by atoms with E-state index in [-0.39, 0.29) is 16.6 Å². The minimum atomic E-state index is -0.590. The molecule has 0 aliphatic heterocycles. The number of hydrogen-bond donors (Lipinski definition) is 0. The summed E-state index contributed by atoms with van der Waals surface area (Å²) in [6.07, 6.45) is 0.981. The maximum Gasteiger partial charge on any atom is 0.257 e. The van der Waals surface area contributed by atoms with Gasteiger partial charge in [-0.2, -0.15) is 0 Å². The second kappa shape index (κ2) is 6.52. The Hall–Kier alpha value is -1.17. The molecule has 0 unspecified atom stereocenters. The molecular weight excluding hydrogens is 322 g/mol. The fourth-order valence-electron chi connectivity index (χ4n) is 1.69. The molecule has 0 saturated carbocycles. The third-order valence-electron chi connectivity index (χ3n) is 2.68. The maximum absolute atomic E-state index is 13.2. The van der Waals surface area contributed by atoms with Crippen LogP contribution in [0.25, 0.3) is 0 Å². The molecule has 0 N–H and O–H groups in total. The van der Waals surface area contributed by atoms with Crippen LogP contribution < -0.4 is 0 Å². The zero-order valence-electron chi connectivity index (χ0n) is 10.6. The Balaban J connectivity index is 2.22. The quantitative estimate of drug-likeness (QED) is 0.784. The van der Waals surface area contributed by atoms with Crippen LogP contribution in [0.2, 0.25) is 9.49 Å². The average Bonchev–Trinajstić information content (AvgIpc) is 2.83. The second-order valence-electron chi connectivity index (χ2n) is 4.02. The first-order valence-electron chi connectivity index (χ1n) is 5.85. The fourth-order valence-corrected chi connectivity index (χ4v) is 2.98.